The molecule has 3 aromatic rings. The van der Waals surface area contributed by atoms with E-state index in [9.17, 15) is 9.59 Å². The molecule has 0 aliphatic rings. The molecule has 8 heteroatoms. The molecule has 0 fully saturated rings. The maximum absolute atomic E-state index is 12.1. The van der Waals surface area contributed by atoms with Crippen molar-refractivity contribution in [3.05, 3.63) is 94.0 Å². The normalized spacial score (nSPS) is 10.3. The van der Waals surface area contributed by atoms with Crippen LogP contribution in [0.2, 0.25) is 10.0 Å². The van der Waals surface area contributed by atoms with Crippen molar-refractivity contribution in [2.24, 2.45) is 0 Å². The highest BCUT2D eigenvalue weighted by Crippen LogP contribution is 2.16. The molecule has 32 heavy (non-hydrogen) atoms. The first-order valence-corrected chi connectivity index (χ1v) is 10.5. The van der Waals surface area contributed by atoms with E-state index in [0.29, 0.717) is 32.7 Å². The highest BCUT2D eigenvalue weighted by atomic mass is 35.5. The molecule has 0 spiro atoms. The Hall–Kier alpha value is -3.22. The first-order valence-electron chi connectivity index (χ1n) is 9.72. The second-order valence-corrected chi connectivity index (χ2v) is 7.33. The summed E-state index contributed by atoms with van der Waals surface area (Å²) in [6, 6.07) is 19.8. The minimum Gasteiger partial charge on any atom is -0.490 e. The molecule has 0 heterocycles. The summed E-state index contributed by atoms with van der Waals surface area (Å²) in [5.74, 6) is 0.237. The Morgan fingerprint density at radius 3 is 1.22 bits per heavy atom. The second kappa shape index (κ2) is 12.0. The van der Waals surface area contributed by atoms with Crippen molar-refractivity contribution >= 4 is 35.1 Å². The highest BCUT2D eigenvalue weighted by molar-refractivity contribution is 6.30. The van der Waals surface area contributed by atoms with Crippen LogP contribution < -0.4 is 9.47 Å². The number of carbonyl (C=O) groups is 2. The number of hydrogen-bond donors (Lipinski definition) is 0. The Morgan fingerprint density at radius 2 is 0.875 bits per heavy atom. The van der Waals surface area contributed by atoms with Crippen LogP contribution >= 0.6 is 23.2 Å². The van der Waals surface area contributed by atoms with E-state index < -0.39 is 11.9 Å². The molecule has 3 rings (SSSR count). The smallest absolute Gasteiger partial charge is 0.338 e. The van der Waals surface area contributed by atoms with Crippen molar-refractivity contribution in [1.29, 1.82) is 0 Å². The Balaban J connectivity index is 1.36. The van der Waals surface area contributed by atoms with E-state index >= 15 is 0 Å². The summed E-state index contributed by atoms with van der Waals surface area (Å²) in [4.78, 5) is 24.2. The Morgan fingerprint density at radius 1 is 0.531 bits per heavy atom. The van der Waals surface area contributed by atoms with E-state index in [2.05, 4.69) is 0 Å². The number of benzene rings is 3. The number of carbonyl (C=O) groups excluding carboxylic acids is 2. The van der Waals surface area contributed by atoms with E-state index in [1.54, 1.807) is 48.5 Å². The molecule has 0 aliphatic carbocycles. The summed E-state index contributed by atoms with van der Waals surface area (Å²) in [5, 5.41) is 1.23. The fraction of sp³-hybridized carbons (Fsp3) is 0.167. The van der Waals surface area contributed by atoms with Gasteiger partial charge in [0.1, 0.15) is 37.9 Å². The molecule has 0 amide bonds. The lowest BCUT2D eigenvalue weighted by molar-refractivity contribution is 0.0437. The number of ether oxygens (including phenoxy) is 4. The quantitative estimate of drug-likeness (QED) is 0.286. The van der Waals surface area contributed by atoms with Crippen molar-refractivity contribution in [3.63, 3.8) is 0 Å². The summed E-state index contributed by atoms with van der Waals surface area (Å²) in [5.41, 5.74) is 0.637. The molecule has 0 N–H and O–H groups in total. The molecular weight excluding hydrogens is 455 g/mol. The van der Waals surface area contributed by atoms with Gasteiger partial charge in [-0.2, -0.15) is 0 Å². The zero-order chi connectivity index (χ0) is 22.8. The molecule has 6 nitrogen and oxygen atoms in total. The standard InChI is InChI=1S/C24H20Cl2O6/c25-19-5-9-21(10-6-19)29-13-15-31-23(27)17-1-2-18(4-3-17)24(28)32-16-14-30-22-11-7-20(26)8-12-22/h1-12H,13-16H2. The molecule has 3 aromatic carbocycles. The SMILES string of the molecule is O=C(OCCOc1ccc(Cl)cc1)c1ccc(C(=O)OCCOc2ccc(Cl)cc2)cc1. The van der Waals surface area contributed by atoms with Crippen LogP contribution in [0.4, 0.5) is 0 Å². The van der Waals surface area contributed by atoms with Gasteiger partial charge < -0.3 is 18.9 Å². The number of hydrogen-bond acceptors (Lipinski definition) is 6. The van der Waals surface area contributed by atoms with Crippen LogP contribution in [0.25, 0.3) is 0 Å². The van der Waals surface area contributed by atoms with Gasteiger partial charge in [0, 0.05) is 10.0 Å². The zero-order valence-electron chi connectivity index (χ0n) is 17.0. The van der Waals surface area contributed by atoms with E-state index in [1.807, 2.05) is 0 Å². The van der Waals surface area contributed by atoms with Gasteiger partial charge in [0.15, 0.2) is 0 Å². The summed E-state index contributed by atoms with van der Waals surface area (Å²) >= 11 is 11.6. The molecule has 0 unspecified atom stereocenters. The van der Waals surface area contributed by atoms with Crippen LogP contribution in [-0.2, 0) is 9.47 Å². The average Bonchev–Trinajstić information content (AvgIpc) is 2.81. The van der Waals surface area contributed by atoms with Gasteiger partial charge in [0.2, 0.25) is 0 Å². The highest BCUT2D eigenvalue weighted by Gasteiger charge is 2.11. The molecule has 0 bridgehead atoms. The van der Waals surface area contributed by atoms with Crippen molar-refractivity contribution in [1.82, 2.24) is 0 Å². The third-order valence-corrected chi connectivity index (χ3v) is 4.66. The van der Waals surface area contributed by atoms with Gasteiger partial charge in [-0.25, -0.2) is 9.59 Å². The van der Waals surface area contributed by atoms with Crippen LogP contribution in [-0.4, -0.2) is 38.4 Å². The molecule has 166 valence electrons. The summed E-state index contributed by atoms with van der Waals surface area (Å²) in [7, 11) is 0. The molecular formula is C24H20Cl2O6. The van der Waals surface area contributed by atoms with Crippen LogP contribution in [0.5, 0.6) is 11.5 Å². The predicted octanol–water partition coefficient (Wildman–Crippen LogP) is 5.47. The van der Waals surface area contributed by atoms with E-state index in [4.69, 9.17) is 42.1 Å². The minimum atomic E-state index is -0.513. The van der Waals surface area contributed by atoms with E-state index in [-0.39, 0.29) is 26.4 Å². The van der Waals surface area contributed by atoms with Gasteiger partial charge in [-0.3, -0.25) is 0 Å². The predicted molar refractivity (Wildman–Crippen MR) is 121 cm³/mol. The van der Waals surface area contributed by atoms with Crippen molar-refractivity contribution in [2.75, 3.05) is 26.4 Å². The maximum Gasteiger partial charge on any atom is 0.338 e. The first-order chi connectivity index (χ1) is 15.5. The van der Waals surface area contributed by atoms with E-state index in [1.165, 1.54) is 24.3 Å². The van der Waals surface area contributed by atoms with E-state index in [0.717, 1.165) is 0 Å². The second-order valence-electron chi connectivity index (χ2n) is 6.45. The van der Waals surface area contributed by atoms with Crippen LogP contribution in [0.15, 0.2) is 72.8 Å². The average molecular weight is 475 g/mol. The van der Waals surface area contributed by atoms with Gasteiger partial charge in [-0.05, 0) is 72.8 Å². The minimum absolute atomic E-state index is 0.0822. The molecule has 0 saturated carbocycles. The summed E-state index contributed by atoms with van der Waals surface area (Å²) in [6.45, 7) is 0.573. The van der Waals surface area contributed by atoms with Gasteiger partial charge in [0.05, 0.1) is 11.1 Å². The summed E-state index contributed by atoms with van der Waals surface area (Å²) in [6.07, 6.45) is 0. The van der Waals surface area contributed by atoms with Crippen molar-refractivity contribution in [2.45, 2.75) is 0 Å². The Labute approximate surface area is 195 Å². The topological polar surface area (TPSA) is 71.1 Å². The van der Waals surface area contributed by atoms with Crippen molar-refractivity contribution < 1.29 is 28.5 Å². The first kappa shape index (κ1) is 23.4. The number of esters is 2. The molecule has 0 atom stereocenters. The fourth-order valence-corrected chi connectivity index (χ4v) is 2.81. The lowest BCUT2D eigenvalue weighted by Gasteiger charge is -2.09. The third-order valence-electron chi connectivity index (χ3n) is 4.15. The Bertz CT molecular complexity index is 933. The molecule has 0 saturated heterocycles. The van der Waals surface area contributed by atoms with Gasteiger partial charge >= 0.3 is 11.9 Å². The van der Waals surface area contributed by atoms with Gasteiger partial charge in [-0.15, -0.1) is 0 Å². The maximum atomic E-state index is 12.1. The number of halogens is 2. The molecule has 0 aliphatic heterocycles. The van der Waals surface area contributed by atoms with Crippen molar-refractivity contribution in [3.8, 4) is 11.5 Å². The third kappa shape index (κ3) is 7.48. The zero-order valence-corrected chi connectivity index (χ0v) is 18.5. The van der Waals surface area contributed by atoms with Crippen LogP contribution in [0, 0.1) is 0 Å². The number of rotatable bonds is 10. The molecule has 0 aromatic heterocycles. The largest absolute Gasteiger partial charge is 0.490 e. The fourth-order valence-electron chi connectivity index (χ4n) is 2.56. The van der Waals surface area contributed by atoms with Crippen LogP contribution in [0.1, 0.15) is 20.7 Å². The Kier molecular flexibility index (Phi) is 8.78. The lowest BCUT2D eigenvalue weighted by atomic mass is 10.1. The van der Waals surface area contributed by atoms with Gasteiger partial charge in [-0.1, -0.05) is 23.2 Å². The molecule has 0 radical (unpaired) electrons. The van der Waals surface area contributed by atoms with Gasteiger partial charge in [0.25, 0.3) is 0 Å². The summed E-state index contributed by atoms with van der Waals surface area (Å²) < 4.78 is 21.3. The van der Waals surface area contributed by atoms with Crippen LogP contribution in [0.3, 0.4) is 0 Å². The lowest BCUT2D eigenvalue weighted by Crippen LogP contribution is -2.14. The monoisotopic (exact) mass is 474 g/mol.